The van der Waals surface area contributed by atoms with Crippen molar-refractivity contribution in [3.63, 3.8) is 0 Å². The van der Waals surface area contributed by atoms with E-state index in [1.807, 2.05) is 92.6 Å². The molecule has 1 amide bonds. The van der Waals surface area contributed by atoms with Crippen LogP contribution in [0.1, 0.15) is 10.5 Å². The lowest BCUT2D eigenvalue weighted by molar-refractivity contribution is 0.102. The topological polar surface area (TPSA) is 60.5 Å². The van der Waals surface area contributed by atoms with Crippen LogP contribution in [0.3, 0.4) is 0 Å². The van der Waals surface area contributed by atoms with Crippen LogP contribution in [0.15, 0.2) is 66.9 Å². The van der Waals surface area contributed by atoms with Gasteiger partial charge in [0, 0.05) is 50.9 Å². The van der Waals surface area contributed by atoms with Gasteiger partial charge in [0.05, 0.1) is 11.9 Å². The first-order valence-corrected chi connectivity index (χ1v) is 9.01. The third kappa shape index (κ3) is 4.79. The molecule has 0 radical (unpaired) electrons. The SMILES string of the molecule is CN(C)c1ccc(NC(=O)c2ccc(Nc3ccc(N(C)C)cc3)cn2)cc1. The molecule has 144 valence electrons. The fourth-order valence-electron chi connectivity index (χ4n) is 2.65. The predicted octanol–water partition coefficient (Wildman–Crippen LogP) is 4.21. The number of pyridine rings is 1. The number of carbonyl (C=O) groups is 1. The summed E-state index contributed by atoms with van der Waals surface area (Å²) in [7, 11) is 7.97. The molecule has 0 atom stereocenters. The molecule has 0 unspecified atom stereocenters. The zero-order valence-corrected chi connectivity index (χ0v) is 16.6. The van der Waals surface area contributed by atoms with Gasteiger partial charge >= 0.3 is 0 Å². The molecule has 0 fully saturated rings. The molecule has 0 aliphatic heterocycles. The molecule has 2 aromatic carbocycles. The number of amides is 1. The Morgan fingerprint density at radius 3 is 1.68 bits per heavy atom. The average molecular weight is 375 g/mol. The van der Waals surface area contributed by atoms with E-state index >= 15 is 0 Å². The number of hydrogen-bond donors (Lipinski definition) is 2. The van der Waals surface area contributed by atoms with E-state index < -0.39 is 0 Å². The predicted molar refractivity (Wildman–Crippen MR) is 117 cm³/mol. The fourth-order valence-corrected chi connectivity index (χ4v) is 2.65. The van der Waals surface area contributed by atoms with E-state index in [0.29, 0.717) is 5.69 Å². The normalized spacial score (nSPS) is 10.3. The van der Waals surface area contributed by atoms with Crippen LogP contribution in [-0.2, 0) is 0 Å². The fraction of sp³-hybridized carbons (Fsp3) is 0.182. The molecule has 0 saturated carbocycles. The van der Waals surface area contributed by atoms with Crippen molar-refractivity contribution in [1.82, 2.24) is 4.98 Å². The molecule has 0 bridgehead atoms. The molecule has 0 aliphatic rings. The standard InChI is InChI=1S/C22H25N5O/c1-26(2)19-10-5-16(6-11-19)24-18-9-14-21(23-15-18)22(28)25-17-7-12-20(13-8-17)27(3)4/h5-15,24H,1-4H3,(H,25,28). The molecule has 0 saturated heterocycles. The van der Waals surface area contributed by atoms with E-state index in [4.69, 9.17) is 0 Å². The van der Waals surface area contributed by atoms with Crippen molar-refractivity contribution in [3.05, 3.63) is 72.6 Å². The van der Waals surface area contributed by atoms with Gasteiger partial charge in [0.1, 0.15) is 5.69 Å². The Hall–Kier alpha value is -3.54. The first-order chi connectivity index (χ1) is 13.4. The smallest absolute Gasteiger partial charge is 0.274 e. The number of nitrogens with zero attached hydrogens (tertiary/aromatic N) is 3. The minimum atomic E-state index is -0.237. The Bertz CT molecular complexity index is 917. The quantitative estimate of drug-likeness (QED) is 0.676. The van der Waals surface area contributed by atoms with Gasteiger partial charge in [-0.1, -0.05) is 0 Å². The summed E-state index contributed by atoms with van der Waals surface area (Å²) in [5.74, 6) is -0.237. The lowest BCUT2D eigenvalue weighted by atomic mass is 10.2. The molecule has 1 aromatic heterocycles. The number of hydrogen-bond acceptors (Lipinski definition) is 5. The van der Waals surface area contributed by atoms with Gasteiger partial charge in [-0.2, -0.15) is 0 Å². The van der Waals surface area contributed by atoms with Gasteiger partial charge in [-0.25, -0.2) is 4.98 Å². The minimum absolute atomic E-state index is 0.237. The Morgan fingerprint density at radius 2 is 1.21 bits per heavy atom. The maximum absolute atomic E-state index is 12.4. The molecule has 0 spiro atoms. The van der Waals surface area contributed by atoms with E-state index in [-0.39, 0.29) is 5.91 Å². The molecule has 1 heterocycles. The van der Waals surface area contributed by atoms with Crippen LogP contribution < -0.4 is 20.4 Å². The van der Waals surface area contributed by atoms with Crippen molar-refractivity contribution in [3.8, 4) is 0 Å². The number of aromatic nitrogens is 1. The molecule has 2 N–H and O–H groups in total. The number of benzene rings is 2. The largest absolute Gasteiger partial charge is 0.378 e. The van der Waals surface area contributed by atoms with Crippen molar-refractivity contribution >= 4 is 34.3 Å². The van der Waals surface area contributed by atoms with Crippen LogP contribution >= 0.6 is 0 Å². The van der Waals surface area contributed by atoms with Gasteiger partial charge < -0.3 is 20.4 Å². The van der Waals surface area contributed by atoms with Crippen molar-refractivity contribution in [1.29, 1.82) is 0 Å². The number of rotatable bonds is 6. The van der Waals surface area contributed by atoms with Crippen LogP contribution in [-0.4, -0.2) is 39.1 Å². The highest BCUT2D eigenvalue weighted by atomic mass is 16.1. The highest BCUT2D eigenvalue weighted by Gasteiger charge is 2.08. The summed E-state index contributed by atoms with van der Waals surface area (Å²) >= 11 is 0. The third-order valence-corrected chi connectivity index (χ3v) is 4.31. The highest BCUT2D eigenvalue weighted by Crippen LogP contribution is 2.20. The molecule has 28 heavy (non-hydrogen) atoms. The Labute approximate surface area is 165 Å². The van der Waals surface area contributed by atoms with Crippen LogP contribution in [0.25, 0.3) is 0 Å². The number of anilines is 5. The van der Waals surface area contributed by atoms with Gasteiger partial charge in [-0.3, -0.25) is 4.79 Å². The van der Waals surface area contributed by atoms with Gasteiger partial charge in [-0.15, -0.1) is 0 Å². The van der Waals surface area contributed by atoms with E-state index in [2.05, 4.69) is 15.6 Å². The van der Waals surface area contributed by atoms with Crippen molar-refractivity contribution < 1.29 is 4.79 Å². The van der Waals surface area contributed by atoms with Gasteiger partial charge in [-0.05, 0) is 60.7 Å². The maximum atomic E-state index is 12.4. The van der Waals surface area contributed by atoms with E-state index in [9.17, 15) is 4.79 Å². The lowest BCUT2D eigenvalue weighted by Crippen LogP contribution is -2.14. The first kappa shape index (κ1) is 19.2. The minimum Gasteiger partial charge on any atom is -0.378 e. The summed E-state index contributed by atoms with van der Waals surface area (Å²) in [6, 6.07) is 19.3. The summed E-state index contributed by atoms with van der Waals surface area (Å²) < 4.78 is 0. The molecule has 0 aliphatic carbocycles. The third-order valence-electron chi connectivity index (χ3n) is 4.31. The summed E-state index contributed by atoms with van der Waals surface area (Å²) in [6.07, 6.45) is 1.66. The maximum Gasteiger partial charge on any atom is 0.274 e. The number of carbonyl (C=O) groups excluding carboxylic acids is 1. The Kier molecular flexibility index (Phi) is 5.79. The van der Waals surface area contributed by atoms with E-state index in [1.54, 1.807) is 12.3 Å². The van der Waals surface area contributed by atoms with Crippen molar-refractivity contribution in [2.24, 2.45) is 0 Å². The first-order valence-electron chi connectivity index (χ1n) is 9.01. The summed E-state index contributed by atoms with van der Waals surface area (Å²) in [5, 5.41) is 6.15. The molecule has 3 rings (SSSR count). The second kappa shape index (κ2) is 8.43. The van der Waals surface area contributed by atoms with Crippen LogP contribution in [0.5, 0.6) is 0 Å². The Balaban J connectivity index is 1.62. The van der Waals surface area contributed by atoms with Crippen LogP contribution in [0.4, 0.5) is 28.4 Å². The second-order valence-corrected chi connectivity index (χ2v) is 6.89. The van der Waals surface area contributed by atoms with Crippen LogP contribution in [0.2, 0.25) is 0 Å². The number of nitrogens with one attached hydrogen (secondary N) is 2. The zero-order valence-electron chi connectivity index (χ0n) is 16.6. The summed E-state index contributed by atoms with van der Waals surface area (Å²) in [4.78, 5) is 20.7. The summed E-state index contributed by atoms with van der Waals surface area (Å²) in [6.45, 7) is 0. The zero-order chi connectivity index (χ0) is 20.1. The van der Waals surface area contributed by atoms with Crippen molar-refractivity contribution in [2.75, 3.05) is 48.6 Å². The van der Waals surface area contributed by atoms with E-state index in [1.165, 1.54) is 0 Å². The van der Waals surface area contributed by atoms with Gasteiger partial charge in [0.15, 0.2) is 0 Å². The highest BCUT2D eigenvalue weighted by molar-refractivity contribution is 6.03. The second-order valence-electron chi connectivity index (χ2n) is 6.89. The van der Waals surface area contributed by atoms with Gasteiger partial charge in [0.2, 0.25) is 0 Å². The van der Waals surface area contributed by atoms with Gasteiger partial charge in [0.25, 0.3) is 5.91 Å². The molecule has 3 aromatic rings. The summed E-state index contributed by atoms with van der Waals surface area (Å²) in [5.41, 5.74) is 5.10. The lowest BCUT2D eigenvalue weighted by Gasteiger charge is -2.13. The van der Waals surface area contributed by atoms with Crippen LogP contribution in [0, 0.1) is 0 Å². The van der Waals surface area contributed by atoms with Crippen molar-refractivity contribution in [2.45, 2.75) is 0 Å². The molecular weight excluding hydrogens is 350 g/mol. The van der Waals surface area contributed by atoms with E-state index in [0.717, 1.165) is 28.4 Å². The molecule has 6 nitrogen and oxygen atoms in total. The Morgan fingerprint density at radius 1 is 0.714 bits per heavy atom. The molecular formula is C22H25N5O. The molecule has 6 heteroatoms. The monoisotopic (exact) mass is 375 g/mol. The average Bonchev–Trinajstić information content (AvgIpc) is 2.69.